The number of hydrogen-bond donors (Lipinski definition) is 1. The first kappa shape index (κ1) is 10.6. The summed E-state index contributed by atoms with van der Waals surface area (Å²) in [7, 11) is 1.98. The molecule has 1 saturated heterocycles. The van der Waals surface area contributed by atoms with E-state index < -0.39 is 0 Å². The summed E-state index contributed by atoms with van der Waals surface area (Å²) in [4.78, 5) is 2.11. The fraction of sp³-hybridized carbons (Fsp3) is 0.500. The van der Waals surface area contributed by atoms with E-state index in [4.69, 9.17) is 5.11 Å². The predicted octanol–water partition coefficient (Wildman–Crippen LogP) is 1.81. The summed E-state index contributed by atoms with van der Waals surface area (Å²) in [5.74, 6) is 0.132. The van der Waals surface area contributed by atoms with Crippen LogP contribution in [0.2, 0.25) is 0 Å². The van der Waals surface area contributed by atoms with Crippen molar-refractivity contribution >= 4 is 0 Å². The van der Waals surface area contributed by atoms with Gasteiger partial charge >= 0.3 is 0 Å². The Bertz CT molecular complexity index is 342. The minimum absolute atomic E-state index is 0.114. The van der Waals surface area contributed by atoms with Gasteiger partial charge in [-0.15, -0.1) is 0 Å². The van der Waals surface area contributed by atoms with Crippen LogP contribution in [0.4, 0.5) is 4.39 Å². The van der Waals surface area contributed by atoms with E-state index in [2.05, 4.69) is 4.90 Å². The number of nitrogens with zero attached hydrogens (tertiary/aromatic N) is 1. The van der Waals surface area contributed by atoms with Crippen LogP contribution in [0.25, 0.3) is 0 Å². The molecule has 0 unspecified atom stereocenters. The maximum Gasteiger partial charge on any atom is 0.127 e. The van der Waals surface area contributed by atoms with E-state index in [0.29, 0.717) is 0 Å². The Morgan fingerprint density at radius 1 is 1.47 bits per heavy atom. The van der Waals surface area contributed by atoms with Crippen LogP contribution < -0.4 is 0 Å². The van der Waals surface area contributed by atoms with Gasteiger partial charge < -0.3 is 5.11 Å². The molecular weight excluding hydrogens is 193 g/mol. The third-order valence-electron chi connectivity index (χ3n) is 3.16. The average molecular weight is 209 g/mol. The van der Waals surface area contributed by atoms with Gasteiger partial charge in [0.1, 0.15) is 5.82 Å². The number of hydrogen-bond acceptors (Lipinski definition) is 2. The predicted molar refractivity (Wildman–Crippen MR) is 57.0 cm³/mol. The van der Waals surface area contributed by atoms with Gasteiger partial charge in [0, 0.05) is 24.8 Å². The number of aliphatic hydroxyl groups is 1. The van der Waals surface area contributed by atoms with Crippen molar-refractivity contribution in [3.8, 4) is 0 Å². The van der Waals surface area contributed by atoms with Crippen LogP contribution in [-0.2, 0) is 0 Å². The molecule has 1 aliphatic heterocycles. The molecule has 0 amide bonds. The Morgan fingerprint density at radius 2 is 2.20 bits per heavy atom. The Kier molecular flexibility index (Phi) is 3.03. The number of likely N-dealkylation sites (tertiary alicyclic amines) is 1. The van der Waals surface area contributed by atoms with Crippen LogP contribution >= 0.6 is 0 Å². The molecule has 1 N–H and O–H groups in total. The first-order valence-corrected chi connectivity index (χ1v) is 5.28. The summed E-state index contributed by atoms with van der Waals surface area (Å²) < 4.78 is 13.6. The molecule has 82 valence electrons. The Balaban J connectivity index is 2.21. The second kappa shape index (κ2) is 4.29. The zero-order valence-electron chi connectivity index (χ0n) is 8.86. The fourth-order valence-electron chi connectivity index (χ4n) is 2.35. The van der Waals surface area contributed by atoms with Crippen LogP contribution in [0.3, 0.4) is 0 Å². The highest BCUT2D eigenvalue weighted by Gasteiger charge is 2.31. The molecule has 0 aliphatic carbocycles. The van der Waals surface area contributed by atoms with Gasteiger partial charge in [-0.25, -0.2) is 4.39 Å². The van der Waals surface area contributed by atoms with Crippen LogP contribution in [-0.4, -0.2) is 30.2 Å². The molecule has 2 atom stereocenters. The van der Waals surface area contributed by atoms with Crippen LogP contribution in [0.1, 0.15) is 18.0 Å². The van der Waals surface area contributed by atoms with Crippen molar-refractivity contribution in [1.82, 2.24) is 4.90 Å². The lowest BCUT2D eigenvalue weighted by Gasteiger charge is -2.19. The van der Waals surface area contributed by atoms with E-state index in [9.17, 15) is 4.39 Å². The number of benzene rings is 1. The highest BCUT2D eigenvalue weighted by Crippen LogP contribution is 2.34. The van der Waals surface area contributed by atoms with E-state index in [1.54, 1.807) is 6.07 Å². The molecule has 0 spiro atoms. The number of aliphatic hydroxyl groups excluding tert-OH is 1. The van der Waals surface area contributed by atoms with Crippen LogP contribution in [0, 0.1) is 11.7 Å². The van der Waals surface area contributed by atoms with Gasteiger partial charge in [0.2, 0.25) is 0 Å². The average Bonchev–Trinajstić information content (AvgIpc) is 2.60. The molecular formula is C12H16FNO. The molecule has 0 saturated carbocycles. The van der Waals surface area contributed by atoms with E-state index >= 15 is 0 Å². The minimum atomic E-state index is -0.145. The van der Waals surface area contributed by atoms with Crippen LogP contribution in [0.5, 0.6) is 0 Å². The number of rotatable bonds is 2. The Labute approximate surface area is 89.3 Å². The third kappa shape index (κ3) is 2.03. The third-order valence-corrected chi connectivity index (χ3v) is 3.16. The van der Waals surface area contributed by atoms with Crippen molar-refractivity contribution in [2.45, 2.75) is 12.5 Å². The molecule has 1 aromatic rings. The van der Waals surface area contributed by atoms with Crippen molar-refractivity contribution in [3.05, 3.63) is 35.6 Å². The molecule has 0 bridgehead atoms. The topological polar surface area (TPSA) is 23.5 Å². The van der Waals surface area contributed by atoms with Gasteiger partial charge in [-0.3, -0.25) is 4.90 Å². The van der Waals surface area contributed by atoms with Gasteiger partial charge in [0.15, 0.2) is 0 Å². The summed E-state index contributed by atoms with van der Waals surface area (Å²) in [6.45, 7) is 1.03. The molecule has 0 aromatic heterocycles. The molecule has 2 rings (SSSR count). The smallest absolute Gasteiger partial charge is 0.127 e. The molecule has 15 heavy (non-hydrogen) atoms. The van der Waals surface area contributed by atoms with E-state index in [1.165, 1.54) is 6.07 Å². The van der Waals surface area contributed by atoms with Crippen molar-refractivity contribution in [3.63, 3.8) is 0 Å². The molecule has 1 aliphatic rings. The normalized spacial score (nSPS) is 27.1. The quantitative estimate of drug-likeness (QED) is 0.803. The molecule has 1 heterocycles. The van der Waals surface area contributed by atoms with E-state index in [-0.39, 0.29) is 24.4 Å². The van der Waals surface area contributed by atoms with Gasteiger partial charge in [0.25, 0.3) is 0 Å². The van der Waals surface area contributed by atoms with Gasteiger partial charge in [-0.05, 0) is 25.5 Å². The summed E-state index contributed by atoms with van der Waals surface area (Å²) in [6.07, 6.45) is 0.841. The van der Waals surface area contributed by atoms with Crippen molar-refractivity contribution in [2.75, 3.05) is 20.2 Å². The summed E-state index contributed by atoms with van der Waals surface area (Å²) >= 11 is 0. The lowest BCUT2D eigenvalue weighted by Crippen LogP contribution is -2.19. The summed E-state index contributed by atoms with van der Waals surface area (Å²) in [6, 6.07) is 7.00. The standard InChI is InChI=1S/C12H16FNO/c1-14-7-9(8-15)6-12(14)10-4-2-3-5-11(10)13/h2-5,9,12,15H,6-8H2,1H3/t9-,12-/m1/s1. The second-order valence-corrected chi connectivity index (χ2v) is 4.26. The minimum Gasteiger partial charge on any atom is -0.396 e. The molecule has 1 aromatic carbocycles. The van der Waals surface area contributed by atoms with Crippen molar-refractivity contribution in [1.29, 1.82) is 0 Å². The van der Waals surface area contributed by atoms with Crippen molar-refractivity contribution in [2.24, 2.45) is 5.92 Å². The zero-order chi connectivity index (χ0) is 10.8. The van der Waals surface area contributed by atoms with Gasteiger partial charge in [-0.1, -0.05) is 18.2 Å². The fourth-order valence-corrected chi connectivity index (χ4v) is 2.35. The number of halogens is 1. The van der Waals surface area contributed by atoms with E-state index in [1.807, 2.05) is 19.2 Å². The molecule has 0 radical (unpaired) electrons. The van der Waals surface area contributed by atoms with Crippen LogP contribution in [0.15, 0.2) is 24.3 Å². The molecule has 3 heteroatoms. The Hall–Kier alpha value is -0.930. The first-order valence-electron chi connectivity index (χ1n) is 5.28. The SMILES string of the molecule is CN1C[C@H](CO)C[C@@H]1c1ccccc1F. The lowest BCUT2D eigenvalue weighted by molar-refractivity contribution is 0.227. The highest BCUT2D eigenvalue weighted by molar-refractivity contribution is 5.22. The maximum atomic E-state index is 13.6. The van der Waals surface area contributed by atoms with Crippen molar-refractivity contribution < 1.29 is 9.50 Å². The summed E-state index contributed by atoms with van der Waals surface area (Å²) in [5.41, 5.74) is 0.746. The van der Waals surface area contributed by atoms with Gasteiger partial charge in [0.05, 0.1) is 0 Å². The van der Waals surface area contributed by atoms with E-state index in [0.717, 1.165) is 18.5 Å². The molecule has 2 nitrogen and oxygen atoms in total. The molecule has 1 fully saturated rings. The Morgan fingerprint density at radius 3 is 2.80 bits per heavy atom. The second-order valence-electron chi connectivity index (χ2n) is 4.26. The maximum absolute atomic E-state index is 13.6. The largest absolute Gasteiger partial charge is 0.396 e. The van der Waals surface area contributed by atoms with Gasteiger partial charge in [-0.2, -0.15) is 0 Å². The lowest BCUT2D eigenvalue weighted by atomic mass is 10.00. The first-order chi connectivity index (χ1) is 7.22. The highest BCUT2D eigenvalue weighted by atomic mass is 19.1. The summed E-state index contributed by atoms with van der Waals surface area (Å²) in [5, 5.41) is 9.10. The zero-order valence-corrected chi connectivity index (χ0v) is 8.86. The monoisotopic (exact) mass is 209 g/mol.